The Balaban J connectivity index is 2.61. The summed E-state index contributed by atoms with van der Waals surface area (Å²) in [6, 6.07) is 6.98. The number of amides is 1. The fourth-order valence-corrected chi connectivity index (χ4v) is 1.37. The lowest BCUT2D eigenvalue weighted by atomic mass is 10.1. The molecule has 0 bridgehead atoms. The van der Waals surface area contributed by atoms with E-state index in [1.807, 2.05) is 7.05 Å². The molecule has 0 aliphatic rings. The summed E-state index contributed by atoms with van der Waals surface area (Å²) in [7, 11) is 1.82. The molecule has 92 valence electrons. The molecular weight excluding hydrogens is 216 g/mol. The molecule has 0 spiro atoms. The Labute approximate surface area is 101 Å². The molecule has 0 radical (unpaired) electrons. The Morgan fingerprint density at radius 3 is 2.35 bits per heavy atom. The van der Waals surface area contributed by atoms with E-state index in [4.69, 9.17) is 0 Å². The van der Waals surface area contributed by atoms with E-state index in [1.54, 1.807) is 31.2 Å². The minimum atomic E-state index is -0.0285. The second-order valence-corrected chi connectivity index (χ2v) is 3.76. The van der Waals surface area contributed by atoms with Gasteiger partial charge in [0.15, 0.2) is 5.78 Å². The second-order valence-electron chi connectivity index (χ2n) is 3.76. The number of carbonyl (C=O) groups excluding carboxylic acids is 2. The maximum absolute atomic E-state index is 11.7. The smallest absolute Gasteiger partial charge is 0.224 e. The van der Waals surface area contributed by atoms with Gasteiger partial charge in [-0.15, -0.1) is 0 Å². The summed E-state index contributed by atoms with van der Waals surface area (Å²) in [4.78, 5) is 22.8. The van der Waals surface area contributed by atoms with Crippen molar-refractivity contribution in [1.29, 1.82) is 0 Å². The lowest BCUT2D eigenvalue weighted by molar-refractivity contribution is -0.115. The molecule has 0 saturated heterocycles. The molecule has 0 aliphatic carbocycles. The van der Waals surface area contributed by atoms with Gasteiger partial charge in [-0.2, -0.15) is 0 Å². The van der Waals surface area contributed by atoms with Crippen LogP contribution >= 0.6 is 0 Å². The molecule has 1 aromatic carbocycles. The first-order valence-electron chi connectivity index (χ1n) is 5.75. The fraction of sp³-hybridized carbons (Fsp3) is 0.385. The third kappa shape index (κ3) is 4.36. The van der Waals surface area contributed by atoms with E-state index >= 15 is 0 Å². The van der Waals surface area contributed by atoms with Gasteiger partial charge in [0, 0.05) is 30.6 Å². The van der Waals surface area contributed by atoms with Crippen molar-refractivity contribution < 1.29 is 9.59 Å². The molecule has 0 aliphatic heterocycles. The summed E-state index contributed by atoms with van der Waals surface area (Å²) in [5.41, 5.74) is 1.40. The zero-order valence-corrected chi connectivity index (χ0v) is 10.2. The van der Waals surface area contributed by atoms with Crippen LogP contribution in [0.5, 0.6) is 0 Å². The van der Waals surface area contributed by atoms with E-state index in [1.165, 1.54) is 0 Å². The van der Waals surface area contributed by atoms with Crippen molar-refractivity contribution in [1.82, 2.24) is 5.32 Å². The van der Waals surface area contributed by atoms with Gasteiger partial charge >= 0.3 is 0 Å². The van der Waals surface area contributed by atoms with Crippen LogP contribution in [0.15, 0.2) is 24.3 Å². The van der Waals surface area contributed by atoms with E-state index in [9.17, 15) is 9.59 Å². The van der Waals surface area contributed by atoms with E-state index < -0.39 is 0 Å². The molecule has 17 heavy (non-hydrogen) atoms. The number of hydrogen-bond acceptors (Lipinski definition) is 3. The van der Waals surface area contributed by atoms with Crippen molar-refractivity contribution in [2.24, 2.45) is 0 Å². The lowest BCUT2D eigenvalue weighted by Crippen LogP contribution is -2.13. The number of ketones is 1. The van der Waals surface area contributed by atoms with Gasteiger partial charge < -0.3 is 10.6 Å². The van der Waals surface area contributed by atoms with E-state index in [0.29, 0.717) is 24.9 Å². The predicted octanol–water partition coefficient (Wildman–Crippen LogP) is 1.83. The summed E-state index contributed by atoms with van der Waals surface area (Å²) in [5.74, 6) is 0.0759. The Kier molecular flexibility index (Phi) is 5.36. The van der Waals surface area contributed by atoms with Crippen LogP contribution in [-0.4, -0.2) is 25.3 Å². The van der Waals surface area contributed by atoms with E-state index in [0.717, 1.165) is 5.69 Å². The Morgan fingerprint density at radius 1 is 1.18 bits per heavy atom. The first-order valence-corrected chi connectivity index (χ1v) is 5.75. The molecule has 0 unspecified atom stereocenters. The van der Waals surface area contributed by atoms with Gasteiger partial charge in [-0.25, -0.2) is 0 Å². The van der Waals surface area contributed by atoms with Crippen LogP contribution in [0, 0.1) is 0 Å². The summed E-state index contributed by atoms with van der Waals surface area (Å²) >= 11 is 0. The SMILES string of the molecule is CCC(=O)Nc1ccc(C(=O)CCNC)cc1. The molecule has 4 heteroatoms. The van der Waals surface area contributed by atoms with Crippen LogP contribution in [0.2, 0.25) is 0 Å². The van der Waals surface area contributed by atoms with E-state index in [-0.39, 0.29) is 11.7 Å². The van der Waals surface area contributed by atoms with E-state index in [2.05, 4.69) is 10.6 Å². The van der Waals surface area contributed by atoms with Gasteiger partial charge in [0.05, 0.1) is 0 Å². The first-order chi connectivity index (χ1) is 8.17. The van der Waals surface area contributed by atoms with Crippen LogP contribution in [0.1, 0.15) is 30.1 Å². The molecule has 0 saturated carbocycles. The molecule has 0 heterocycles. The number of carbonyl (C=O) groups is 2. The molecule has 4 nitrogen and oxygen atoms in total. The number of benzene rings is 1. The maximum atomic E-state index is 11.7. The molecule has 2 N–H and O–H groups in total. The third-order valence-electron chi connectivity index (χ3n) is 2.41. The van der Waals surface area contributed by atoms with Gasteiger partial charge in [-0.1, -0.05) is 6.92 Å². The summed E-state index contributed by atoms with van der Waals surface area (Å²) < 4.78 is 0. The highest BCUT2D eigenvalue weighted by Crippen LogP contribution is 2.11. The topological polar surface area (TPSA) is 58.2 Å². The van der Waals surface area contributed by atoms with Gasteiger partial charge in [-0.3, -0.25) is 9.59 Å². The number of rotatable bonds is 6. The Hall–Kier alpha value is -1.68. The van der Waals surface area contributed by atoms with Crippen molar-refractivity contribution in [3.8, 4) is 0 Å². The van der Waals surface area contributed by atoms with Crippen molar-refractivity contribution in [2.45, 2.75) is 19.8 Å². The molecule has 1 rings (SSSR count). The Bertz CT molecular complexity index is 385. The van der Waals surface area contributed by atoms with Crippen molar-refractivity contribution in [3.05, 3.63) is 29.8 Å². The highest BCUT2D eigenvalue weighted by Gasteiger charge is 2.05. The van der Waals surface area contributed by atoms with Crippen molar-refractivity contribution >= 4 is 17.4 Å². The molecule has 0 aromatic heterocycles. The number of anilines is 1. The lowest BCUT2D eigenvalue weighted by Gasteiger charge is -2.05. The minimum Gasteiger partial charge on any atom is -0.326 e. The monoisotopic (exact) mass is 234 g/mol. The predicted molar refractivity (Wildman–Crippen MR) is 68.2 cm³/mol. The number of hydrogen-bond donors (Lipinski definition) is 2. The van der Waals surface area contributed by atoms with Crippen LogP contribution in [0.25, 0.3) is 0 Å². The molecule has 1 amide bonds. The highest BCUT2D eigenvalue weighted by molar-refractivity contribution is 5.97. The quantitative estimate of drug-likeness (QED) is 0.738. The molecular formula is C13H18N2O2. The summed E-state index contributed by atoms with van der Waals surface area (Å²) in [5, 5.41) is 5.67. The van der Waals surface area contributed by atoms with Gasteiger partial charge in [0.2, 0.25) is 5.91 Å². The van der Waals surface area contributed by atoms with Gasteiger partial charge in [-0.05, 0) is 31.3 Å². The number of Topliss-reactive ketones (excluding diaryl/α,β-unsaturated/α-hetero) is 1. The van der Waals surface area contributed by atoms with Crippen LogP contribution < -0.4 is 10.6 Å². The van der Waals surface area contributed by atoms with Gasteiger partial charge in [0.25, 0.3) is 0 Å². The summed E-state index contributed by atoms with van der Waals surface area (Å²) in [6.07, 6.45) is 0.931. The molecule has 0 atom stereocenters. The van der Waals surface area contributed by atoms with Crippen LogP contribution in [0.3, 0.4) is 0 Å². The molecule has 0 fully saturated rings. The largest absolute Gasteiger partial charge is 0.326 e. The zero-order chi connectivity index (χ0) is 12.7. The fourth-order valence-electron chi connectivity index (χ4n) is 1.37. The minimum absolute atomic E-state index is 0.0285. The average molecular weight is 234 g/mol. The number of nitrogens with one attached hydrogen (secondary N) is 2. The standard InChI is InChI=1S/C13H18N2O2/c1-3-13(17)15-11-6-4-10(5-7-11)12(16)8-9-14-2/h4-7,14H,3,8-9H2,1-2H3,(H,15,17). The van der Waals surface area contributed by atoms with Crippen LogP contribution in [0.4, 0.5) is 5.69 Å². The summed E-state index contributed by atoms with van der Waals surface area (Å²) in [6.45, 7) is 2.47. The van der Waals surface area contributed by atoms with Crippen molar-refractivity contribution in [2.75, 3.05) is 18.9 Å². The first kappa shape index (κ1) is 13.4. The average Bonchev–Trinajstić information content (AvgIpc) is 2.36. The normalized spacial score (nSPS) is 10.0. The highest BCUT2D eigenvalue weighted by atomic mass is 16.1. The molecule has 1 aromatic rings. The Morgan fingerprint density at radius 2 is 1.82 bits per heavy atom. The third-order valence-corrected chi connectivity index (χ3v) is 2.41. The van der Waals surface area contributed by atoms with Crippen LogP contribution in [-0.2, 0) is 4.79 Å². The maximum Gasteiger partial charge on any atom is 0.224 e. The zero-order valence-electron chi connectivity index (χ0n) is 10.2. The van der Waals surface area contributed by atoms with Gasteiger partial charge in [0.1, 0.15) is 0 Å². The van der Waals surface area contributed by atoms with Crippen molar-refractivity contribution in [3.63, 3.8) is 0 Å². The second kappa shape index (κ2) is 6.81.